The first-order valence-electron chi connectivity index (χ1n) is 4.91. The third-order valence-electron chi connectivity index (χ3n) is 2.73. The van der Waals surface area contributed by atoms with E-state index < -0.39 is 0 Å². The van der Waals surface area contributed by atoms with Crippen LogP contribution < -0.4 is 0 Å². The van der Waals surface area contributed by atoms with Crippen LogP contribution in [0, 0.1) is 11.8 Å². The molecule has 2 heteroatoms. The molecule has 12 heavy (non-hydrogen) atoms. The van der Waals surface area contributed by atoms with Crippen LogP contribution in [-0.2, 0) is 0 Å². The molecule has 72 valence electrons. The van der Waals surface area contributed by atoms with E-state index in [1.165, 1.54) is 30.3 Å². The van der Waals surface area contributed by atoms with Crippen molar-refractivity contribution in [2.45, 2.75) is 38.4 Å². The molecule has 2 atom stereocenters. The molecule has 1 aliphatic heterocycles. The first-order chi connectivity index (χ1) is 5.74. The summed E-state index contributed by atoms with van der Waals surface area (Å²) in [5, 5.41) is 2.15. The molecule has 2 unspecified atom stereocenters. The van der Waals surface area contributed by atoms with E-state index in [2.05, 4.69) is 41.5 Å². The maximum atomic E-state index is 3.61. The van der Waals surface area contributed by atoms with Crippen LogP contribution in [0.15, 0.2) is 0 Å². The predicted octanol–water partition coefficient (Wildman–Crippen LogP) is 3.94. The van der Waals surface area contributed by atoms with Gasteiger partial charge in [-0.2, -0.15) is 11.8 Å². The Morgan fingerprint density at radius 1 is 1.50 bits per heavy atom. The van der Waals surface area contributed by atoms with Crippen molar-refractivity contribution in [2.75, 3.05) is 11.1 Å². The molecule has 1 heterocycles. The summed E-state index contributed by atoms with van der Waals surface area (Å²) >= 11 is 5.80. The third kappa shape index (κ3) is 3.29. The molecule has 1 saturated heterocycles. The largest absolute Gasteiger partial charge is 0.159 e. The van der Waals surface area contributed by atoms with E-state index in [1.807, 2.05) is 0 Å². The molecule has 0 aromatic heterocycles. The van der Waals surface area contributed by atoms with Crippen molar-refractivity contribution < 1.29 is 0 Å². The van der Waals surface area contributed by atoms with Gasteiger partial charge in [0.1, 0.15) is 0 Å². The van der Waals surface area contributed by atoms with Crippen molar-refractivity contribution in [1.82, 2.24) is 0 Å². The molecule has 1 rings (SSSR count). The number of hydrogen-bond donors (Lipinski definition) is 0. The molecule has 0 aromatic rings. The van der Waals surface area contributed by atoms with Crippen molar-refractivity contribution in [1.29, 1.82) is 0 Å². The summed E-state index contributed by atoms with van der Waals surface area (Å²) < 4.78 is 0. The number of rotatable bonds is 4. The summed E-state index contributed by atoms with van der Waals surface area (Å²) in [7, 11) is 0. The molecule has 0 N–H and O–H groups in total. The molecule has 1 fully saturated rings. The van der Waals surface area contributed by atoms with Crippen LogP contribution in [0.3, 0.4) is 0 Å². The highest BCUT2D eigenvalue weighted by atomic mass is 79.9. The van der Waals surface area contributed by atoms with E-state index >= 15 is 0 Å². The fraction of sp³-hybridized carbons (Fsp3) is 1.00. The Labute approximate surface area is 89.0 Å². The predicted molar refractivity (Wildman–Crippen MR) is 62.2 cm³/mol. The van der Waals surface area contributed by atoms with Gasteiger partial charge in [0.25, 0.3) is 0 Å². The van der Waals surface area contributed by atoms with Gasteiger partial charge in [-0.15, -0.1) is 0 Å². The summed E-state index contributed by atoms with van der Waals surface area (Å²) in [5.74, 6) is 3.13. The van der Waals surface area contributed by atoms with E-state index in [1.54, 1.807) is 0 Å². The summed E-state index contributed by atoms with van der Waals surface area (Å²) in [6.45, 7) is 4.68. The second-order valence-corrected chi connectivity index (χ2v) is 6.08. The van der Waals surface area contributed by atoms with Gasteiger partial charge >= 0.3 is 0 Å². The van der Waals surface area contributed by atoms with Crippen molar-refractivity contribution in [2.24, 2.45) is 11.8 Å². The summed E-state index contributed by atoms with van der Waals surface area (Å²) in [4.78, 5) is 0. The van der Waals surface area contributed by atoms with Crippen molar-refractivity contribution >= 4 is 27.7 Å². The van der Waals surface area contributed by atoms with Gasteiger partial charge in [-0.3, -0.25) is 0 Å². The van der Waals surface area contributed by atoms with Crippen LogP contribution in [0.5, 0.6) is 0 Å². The number of thioether (sulfide) groups is 1. The molecule has 0 nitrogen and oxygen atoms in total. The highest BCUT2D eigenvalue weighted by Gasteiger charge is 2.21. The Balaban J connectivity index is 2.26. The van der Waals surface area contributed by atoms with Crippen molar-refractivity contribution in [3.63, 3.8) is 0 Å². The standard InChI is InChI=1S/C10H19BrS/c1-8(2)9(7-11)6-10-4-3-5-12-10/h8-10H,3-7H2,1-2H3. The zero-order valence-electron chi connectivity index (χ0n) is 8.05. The number of hydrogen-bond acceptors (Lipinski definition) is 1. The van der Waals surface area contributed by atoms with Gasteiger partial charge in [0.15, 0.2) is 0 Å². The molecule has 0 spiro atoms. The highest BCUT2D eigenvalue weighted by molar-refractivity contribution is 9.09. The Morgan fingerprint density at radius 2 is 2.25 bits per heavy atom. The average Bonchev–Trinajstić information content (AvgIpc) is 2.51. The summed E-state index contributed by atoms with van der Waals surface area (Å²) in [5.41, 5.74) is 0. The van der Waals surface area contributed by atoms with E-state index in [4.69, 9.17) is 0 Å². The van der Waals surface area contributed by atoms with Gasteiger partial charge in [0, 0.05) is 10.6 Å². The quantitative estimate of drug-likeness (QED) is 0.682. The van der Waals surface area contributed by atoms with E-state index in [-0.39, 0.29) is 0 Å². The van der Waals surface area contributed by atoms with Crippen LogP contribution in [0.4, 0.5) is 0 Å². The summed E-state index contributed by atoms with van der Waals surface area (Å²) in [6, 6.07) is 0. The topological polar surface area (TPSA) is 0 Å². The molecule has 0 aliphatic carbocycles. The zero-order chi connectivity index (χ0) is 8.97. The van der Waals surface area contributed by atoms with Crippen molar-refractivity contribution in [3.05, 3.63) is 0 Å². The normalized spacial score (nSPS) is 26.5. The highest BCUT2D eigenvalue weighted by Crippen LogP contribution is 2.33. The van der Waals surface area contributed by atoms with Crippen LogP contribution in [-0.4, -0.2) is 16.3 Å². The lowest BCUT2D eigenvalue weighted by molar-refractivity contribution is 0.394. The first-order valence-corrected chi connectivity index (χ1v) is 7.08. The van der Waals surface area contributed by atoms with Crippen molar-refractivity contribution in [3.8, 4) is 0 Å². The van der Waals surface area contributed by atoms with Crippen LogP contribution in [0.25, 0.3) is 0 Å². The minimum absolute atomic E-state index is 0.838. The van der Waals surface area contributed by atoms with Gasteiger partial charge in [-0.25, -0.2) is 0 Å². The smallest absolute Gasteiger partial charge is 0.00625 e. The fourth-order valence-electron chi connectivity index (χ4n) is 1.68. The average molecular weight is 251 g/mol. The molecule has 1 aliphatic rings. The lowest BCUT2D eigenvalue weighted by Crippen LogP contribution is -2.15. The molecule has 0 radical (unpaired) electrons. The first kappa shape index (κ1) is 10.9. The minimum Gasteiger partial charge on any atom is -0.159 e. The monoisotopic (exact) mass is 250 g/mol. The molecule has 0 aromatic carbocycles. The van der Waals surface area contributed by atoms with Gasteiger partial charge in [0.05, 0.1) is 0 Å². The number of halogens is 1. The van der Waals surface area contributed by atoms with Crippen LogP contribution >= 0.6 is 27.7 Å². The summed E-state index contributed by atoms with van der Waals surface area (Å²) in [6.07, 6.45) is 4.33. The maximum Gasteiger partial charge on any atom is 0.00625 e. The van der Waals surface area contributed by atoms with Gasteiger partial charge in [-0.05, 0) is 36.9 Å². The zero-order valence-corrected chi connectivity index (χ0v) is 10.5. The minimum atomic E-state index is 0.838. The second-order valence-electron chi connectivity index (χ2n) is 4.03. The van der Waals surface area contributed by atoms with E-state index in [0.29, 0.717) is 0 Å². The fourth-order valence-corrected chi connectivity index (χ4v) is 4.08. The Morgan fingerprint density at radius 3 is 2.67 bits per heavy atom. The number of alkyl halides is 1. The van der Waals surface area contributed by atoms with Gasteiger partial charge in [-0.1, -0.05) is 29.8 Å². The lowest BCUT2D eigenvalue weighted by Gasteiger charge is -2.21. The Kier molecular flexibility index (Phi) is 5.03. The maximum absolute atomic E-state index is 3.61. The Bertz CT molecular complexity index is 119. The molecule has 0 bridgehead atoms. The van der Waals surface area contributed by atoms with E-state index in [9.17, 15) is 0 Å². The molecule has 0 saturated carbocycles. The molecule has 0 amide bonds. The van der Waals surface area contributed by atoms with E-state index in [0.717, 1.165) is 17.1 Å². The van der Waals surface area contributed by atoms with Gasteiger partial charge in [0.2, 0.25) is 0 Å². The molecular formula is C10H19BrS. The lowest BCUT2D eigenvalue weighted by atomic mass is 9.92. The van der Waals surface area contributed by atoms with Crippen LogP contribution in [0.2, 0.25) is 0 Å². The Hall–Kier alpha value is 0.830. The second kappa shape index (κ2) is 5.54. The SMILES string of the molecule is CC(C)C(CBr)CC1CCCS1. The molecular weight excluding hydrogens is 232 g/mol. The third-order valence-corrected chi connectivity index (χ3v) is 4.99. The van der Waals surface area contributed by atoms with Crippen LogP contribution in [0.1, 0.15) is 33.1 Å². The van der Waals surface area contributed by atoms with Gasteiger partial charge < -0.3 is 0 Å².